The quantitative estimate of drug-likeness (QED) is 0.611. The first kappa shape index (κ1) is 8.30. The Labute approximate surface area is 77.5 Å². The van der Waals surface area contributed by atoms with E-state index in [1.165, 1.54) is 5.56 Å². The summed E-state index contributed by atoms with van der Waals surface area (Å²) in [5.41, 5.74) is 1.07. The van der Waals surface area contributed by atoms with Crippen molar-refractivity contribution in [2.24, 2.45) is 0 Å². The number of ether oxygens (including phenoxy) is 1. The van der Waals surface area contributed by atoms with Gasteiger partial charge in [-0.1, -0.05) is 37.3 Å². The van der Waals surface area contributed by atoms with E-state index < -0.39 is 0 Å². The molecule has 1 aliphatic heterocycles. The maximum atomic E-state index is 11.0. The van der Waals surface area contributed by atoms with Gasteiger partial charge in [0.2, 0.25) is 0 Å². The number of hydrogen-bond acceptors (Lipinski definition) is 2. The Balaban J connectivity index is 2.31. The van der Waals surface area contributed by atoms with Gasteiger partial charge in [-0.15, -0.1) is 0 Å². The summed E-state index contributed by atoms with van der Waals surface area (Å²) in [4.78, 5) is 11.0. The van der Waals surface area contributed by atoms with Crippen LogP contribution >= 0.6 is 0 Å². The van der Waals surface area contributed by atoms with E-state index in [1.807, 2.05) is 30.3 Å². The molecule has 0 aliphatic carbocycles. The van der Waals surface area contributed by atoms with Crippen LogP contribution in [0, 0.1) is 0 Å². The van der Waals surface area contributed by atoms with Crippen LogP contribution in [0.3, 0.4) is 0 Å². The molecule has 2 heteroatoms. The molecule has 1 aromatic rings. The van der Waals surface area contributed by atoms with E-state index in [-0.39, 0.29) is 11.4 Å². The zero-order valence-electron chi connectivity index (χ0n) is 7.62. The first-order valence-corrected chi connectivity index (χ1v) is 4.42. The Morgan fingerprint density at radius 2 is 2.00 bits per heavy atom. The summed E-state index contributed by atoms with van der Waals surface area (Å²) in [6, 6.07) is 10.0. The lowest BCUT2D eigenvalue weighted by atomic mass is 9.82. The molecule has 1 atom stereocenters. The predicted octanol–water partition coefficient (Wildman–Crippen LogP) is 1.89. The largest absolute Gasteiger partial charge is 0.465 e. The first-order valence-electron chi connectivity index (χ1n) is 4.42. The van der Waals surface area contributed by atoms with Crippen molar-refractivity contribution in [3.05, 3.63) is 35.9 Å². The van der Waals surface area contributed by atoms with Crippen molar-refractivity contribution < 1.29 is 9.53 Å². The number of rotatable bonds is 1. The molecule has 1 unspecified atom stereocenters. The molecule has 1 aromatic carbocycles. The van der Waals surface area contributed by atoms with Crippen LogP contribution in [0.25, 0.3) is 0 Å². The topological polar surface area (TPSA) is 26.3 Å². The van der Waals surface area contributed by atoms with Gasteiger partial charge in [-0.05, 0) is 5.56 Å². The summed E-state index contributed by atoms with van der Waals surface area (Å²) in [6.45, 7) is 2.57. The average Bonchev–Trinajstić information content (AvgIpc) is 2.49. The second-order valence-corrected chi connectivity index (χ2v) is 3.76. The summed E-state index contributed by atoms with van der Waals surface area (Å²) >= 11 is 0. The minimum absolute atomic E-state index is 0.0913. The van der Waals surface area contributed by atoms with Crippen molar-refractivity contribution >= 4 is 5.97 Å². The van der Waals surface area contributed by atoms with Gasteiger partial charge in [0.15, 0.2) is 0 Å². The highest BCUT2D eigenvalue weighted by Crippen LogP contribution is 2.32. The molecule has 0 N–H and O–H groups in total. The summed E-state index contributed by atoms with van der Waals surface area (Å²) < 4.78 is 4.98. The lowest BCUT2D eigenvalue weighted by Gasteiger charge is -2.19. The van der Waals surface area contributed by atoms with Crippen molar-refractivity contribution in [3.8, 4) is 0 Å². The maximum absolute atomic E-state index is 11.0. The van der Waals surface area contributed by atoms with E-state index >= 15 is 0 Å². The highest BCUT2D eigenvalue weighted by molar-refractivity contribution is 5.74. The third-order valence-corrected chi connectivity index (χ3v) is 2.56. The van der Waals surface area contributed by atoms with Crippen LogP contribution in [0.5, 0.6) is 0 Å². The van der Waals surface area contributed by atoms with E-state index in [2.05, 4.69) is 6.92 Å². The van der Waals surface area contributed by atoms with Gasteiger partial charge in [0.25, 0.3) is 0 Å². The van der Waals surface area contributed by atoms with Gasteiger partial charge >= 0.3 is 5.97 Å². The molecule has 1 aliphatic rings. The normalized spacial score (nSPS) is 27.3. The minimum atomic E-state index is -0.113. The summed E-state index contributed by atoms with van der Waals surface area (Å²) in [5, 5.41) is 0. The zero-order chi connectivity index (χ0) is 9.31. The number of esters is 1. The SMILES string of the molecule is CC1(c2ccccc2)COC(=O)C1. The van der Waals surface area contributed by atoms with Gasteiger partial charge < -0.3 is 4.74 Å². The highest BCUT2D eigenvalue weighted by Gasteiger charge is 2.37. The number of benzene rings is 1. The lowest BCUT2D eigenvalue weighted by Crippen LogP contribution is -2.21. The lowest BCUT2D eigenvalue weighted by molar-refractivity contribution is -0.137. The molecular formula is C11H12O2. The van der Waals surface area contributed by atoms with Crippen LogP contribution in [0.4, 0.5) is 0 Å². The molecular weight excluding hydrogens is 164 g/mol. The molecule has 1 saturated heterocycles. The van der Waals surface area contributed by atoms with Crippen LogP contribution in [0.15, 0.2) is 30.3 Å². The molecule has 0 aromatic heterocycles. The smallest absolute Gasteiger partial charge is 0.306 e. The number of carbonyl (C=O) groups is 1. The van der Waals surface area contributed by atoms with Crippen molar-refractivity contribution in [2.75, 3.05) is 6.61 Å². The van der Waals surface area contributed by atoms with Gasteiger partial charge in [0, 0.05) is 5.41 Å². The fourth-order valence-electron chi connectivity index (χ4n) is 1.69. The third-order valence-electron chi connectivity index (χ3n) is 2.56. The van der Waals surface area contributed by atoms with E-state index in [4.69, 9.17) is 4.74 Å². The standard InChI is InChI=1S/C11H12O2/c1-11(7-10(12)13-8-11)9-5-3-2-4-6-9/h2-6H,7-8H2,1H3. The van der Waals surface area contributed by atoms with Crippen LogP contribution in [-0.2, 0) is 14.9 Å². The first-order chi connectivity index (χ1) is 6.21. The van der Waals surface area contributed by atoms with Gasteiger partial charge in [-0.25, -0.2) is 0 Å². The molecule has 2 rings (SSSR count). The second-order valence-electron chi connectivity index (χ2n) is 3.76. The molecule has 0 radical (unpaired) electrons. The van der Waals surface area contributed by atoms with E-state index in [9.17, 15) is 4.79 Å². The molecule has 0 bridgehead atoms. The Hall–Kier alpha value is -1.31. The van der Waals surface area contributed by atoms with E-state index in [0.29, 0.717) is 13.0 Å². The Morgan fingerprint density at radius 3 is 2.54 bits per heavy atom. The fourth-order valence-corrected chi connectivity index (χ4v) is 1.69. The van der Waals surface area contributed by atoms with E-state index in [1.54, 1.807) is 0 Å². The third kappa shape index (κ3) is 1.44. The Kier molecular flexibility index (Phi) is 1.83. The maximum Gasteiger partial charge on any atom is 0.306 e. The number of cyclic esters (lactones) is 1. The minimum Gasteiger partial charge on any atom is -0.465 e. The molecule has 0 spiro atoms. The predicted molar refractivity (Wildman–Crippen MR) is 49.4 cm³/mol. The van der Waals surface area contributed by atoms with Crippen molar-refractivity contribution in [1.29, 1.82) is 0 Å². The second kappa shape index (κ2) is 2.87. The van der Waals surface area contributed by atoms with Crippen LogP contribution in [-0.4, -0.2) is 12.6 Å². The summed E-state index contributed by atoms with van der Waals surface area (Å²) in [7, 11) is 0. The monoisotopic (exact) mass is 176 g/mol. The summed E-state index contributed by atoms with van der Waals surface area (Å²) in [5.74, 6) is -0.0913. The molecule has 0 amide bonds. The molecule has 2 nitrogen and oxygen atoms in total. The van der Waals surface area contributed by atoms with E-state index in [0.717, 1.165) is 0 Å². The Bertz CT molecular complexity index is 318. The molecule has 13 heavy (non-hydrogen) atoms. The van der Waals surface area contributed by atoms with Crippen LogP contribution in [0.1, 0.15) is 18.9 Å². The van der Waals surface area contributed by atoms with Crippen molar-refractivity contribution in [2.45, 2.75) is 18.8 Å². The molecule has 0 saturated carbocycles. The van der Waals surface area contributed by atoms with Gasteiger partial charge in [-0.3, -0.25) is 4.79 Å². The molecule has 1 heterocycles. The van der Waals surface area contributed by atoms with Crippen molar-refractivity contribution in [1.82, 2.24) is 0 Å². The Morgan fingerprint density at radius 1 is 1.31 bits per heavy atom. The number of hydrogen-bond donors (Lipinski definition) is 0. The van der Waals surface area contributed by atoms with Gasteiger partial charge in [0.05, 0.1) is 6.42 Å². The zero-order valence-corrected chi connectivity index (χ0v) is 7.62. The van der Waals surface area contributed by atoms with Crippen LogP contribution < -0.4 is 0 Å². The molecule has 1 fully saturated rings. The fraction of sp³-hybridized carbons (Fsp3) is 0.364. The average molecular weight is 176 g/mol. The van der Waals surface area contributed by atoms with Gasteiger partial charge in [0.1, 0.15) is 6.61 Å². The summed E-state index contributed by atoms with van der Waals surface area (Å²) in [6.07, 6.45) is 0.497. The highest BCUT2D eigenvalue weighted by atomic mass is 16.5. The molecule has 68 valence electrons. The van der Waals surface area contributed by atoms with Crippen LogP contribution in [0.2, 0.25) is 0 Å². The van der Waals surface area contributed by atoms with Crippen molar-refractivity contribution in [3.63, 3.8) is 0 Å². The van der Waals surface area contributed by atoms with Gasteiger partial charge in [-0.2, -0.15) is 0 Å². The number of carbonyl (C=O) groups excluding carboxylic acids is 1.